The van der Waals surface area contributed by atoms with Crippen LogP contribution in [0.4, 0.5) is 4.79 Å². The Morgan fingerprint density at radius 2 is 1.90 bits per heavy atom. The van der Waals surface area contributed by atoms with Crippen molar-refractivity contribution in [3.05, 3.63) is 0 Å². The summed E-state index contributed by atoms with van der Waals surface area (Å²) in [5.74, 6) is 0. The van der Waals surface area contributed by atoms with E-state index in [2.05, 4.69) is 5.32 Å². The van der Waals surface area contributed by atoms with Crippen LogP contribution in [0.3, 0.4) is 0 Å². The average molecular weight is 306 g/mol. The summed E-state index contributed by atoms with van der Waals surface area (Å²) in [6, 6.07) is -0.326. The molecular weight excluding hydrogens is 276 g/mol. The van der Waals surface area contributed by atoms with Gasteiger partial charge in [-0.2, -0.15) is 0 Å². The molecule has 0 aromatic carbocycles. The maximum absolute atomic E-state index is 11.8. The largest absolute Gasteiger partial charge is 0.389 e. The maximum atomic E-state index is 11.8. The Bertz CT molecular complexity index is 276. The fourth-order valence-corrected chi connectivity index (χ4v) is 1.63. The summed E-state index contributed by atoms with van der Waals surface area (Å²) in [6.07, 6.45) is -0.556. The zero-order valence-electron chi connectivity index (χ0n) is 13.8. The topological polar surface area (TPSA) is 80.3 Å². The highest BCUT2D eigenvalue weighted by atomic mass is 16.5. The number of urea groups is 1. The van der Waals surface area contributed by atoms with Crippen molar-refractivity contribution in [2.75, 3.05) is 47.1 Å². The Balaban J connectivity index is 3.77. The second-order valence-electron chi connectivity index (χ2n) is 5.33. The number of carbonyl (C=O) groups excluding carboxylic acids is 1. The molecule has 21 heavy (non-hydrogen) atoms. The minimum Gasteiger partial charge on any atom is -0.389 e. The first kappa shape index (κ1) is 20.1. The van der Waals surface area contributed by atoms with Gasteiger partial charge < -0.3 is 29.5 Å². The number of amides is 2. The van der Waals surface area contributed by atoms with E-state index in [1.165, 1.54) is 4.90 Å². The summed E-state index contributed by atoms with van der Waals surface area (Å²) in [6.45, 7) is 7.50. The van der Waals surface area contributed by atoms with E-state index in [4.69, 9.17) is 14.2 Å². The molecule has 0 bridgehead atoms. The van der Waals surface area contributed by atoms with Gasteiger partial charge in [-0.25, -0.2) is 4.79 Å². The Morgan fingerprint density at radius 3 is 2.48 bits per heavy atom. The van der Waals surface area contributed by atoms with Crippen LogP contribution >= 0.6 is 0 Å². The summed E-state index contributed by atoms with van der Waals surface area (Å²) in [4.78, 5) is 13.2. The van der Waals surface area contributed by atoms with Gasteiger partial charge in [0, 0.05) is 14.2 Å². The Labute approximate surface area is 127 Å². The lowest BCUT2D eigenvalue weighted by atomic mass is 10.3. The molecule has 0 aromatic heterocycles. The molecule has 0 fully saturated rings. The van der Waals surface area contributed by atoms with Crippen LogP contribution in [0.25, 0.3) is 0 Å². The molecule has 0 rings (SSSR count). The van der Waals surface area contributed by atoms with Crippen molar-refractivity contribution in [2.45, 2.75) is 39.0 Å². The predicted molar refractivity (Wildman–Crippen MR) is 80.4 cm³/mol. The van der Waals surface area contributed by atoms with Crippen LogP contribution in [-0.2, 0) is 14.2 Å². The lowest BCUT2D eigenvalue weighted by Crippen LogP contribution is -2.46. The van der Waals surface area contributed by atoms with Crippen LogP contribution in [0.2, 0.25) is 0 Å². The second kappa shape index (κ2) is 11.7. The third kappa shape index (κ3) is 11.4. The molecule has 0 aliphatic rings. The third-order valence-corrected chi connectivity index (χ3v) is 2.61. The first-order valence-electron chi connectivity index (χ1n) is 7.24. The average Bonchev–Trinajstić information content (AvgIpc) is 2.37. The molecule has 2 atom stereocenters. The first-order chi connectivity index (χ1) is 9.86. The maximum Gasteiger partial charge on any atom is 0.317 e. The molecular formula is C14H30N2O5. The third-order valence-electron chi connectivity index (χ3n) is 2.61. The van der Waals surface area contributed by atoms with Crippen molar-refractivity contribution in [3.8, 4) is 0 Å². The number of aliphatic hydroxyl groups is 1. The minimum atomic E-state index is -0.725. The van der Waals surface area contributed by atoms with Crippen LogP contribution in [-0.4, -0.2) is 81.4 Å². The van der Waals surface area contributed by atoms with Crippen LogP contribution in [0.15, 0.2) is 0 Å². The number of ether oxygens (including phenoxy) is 3. The molecule has 0 aromatic rings. The zero-order chi connectivity index (χ0) is 16.3. The molecule has 0 heterocycles. The second-order valence-corrected chi connectivity index (χ2v) is 5.33. The Kier molecular flexibility index (Phi) is 11.2. The SMILES string of the molecule is COC[C@H](C)NC(=O)N(C)C[C@H](O)COCCOC(C)C. The molecule has 0 spiro atoms. The van der Waals surface area contributed by atoms with Gasteiger partial charge in [0.2, 0.25) is 0 Å². The lowest BCUT2D eigenvalue weighted by molar-refractivity contribution is -0.0148. The van der Waals surface area contributed by atoms with Crippen LogP contribution in [0, 0.1) is 0 Å². The number of aliphatic hydroxyl groups excluding tert-OH is 1. The van der Waals surface area contributed by atoms with Crippen LogP contribution < -0.4 is 5.32 Å². The van der Waals surface area contributed by atoms with E-state index < -0.39 is 6.10 Å². The van der Waals surface area contributed by atoms with Gasteiger partial charge in [-0.15, -0.1) is 0 Å². The predicted octanol–water partition coefficient (Wildman–Crippen LogP) is 0.465. The smallest absolute Gasteiger partial charge is 0.317 e. The summed E-state index contributed by atoms with van der Waals surface area (Å²) in [7, 11) is 3.20. The number of methoxy groups -OCH3 is 1. The lowest BCUT2D eigenvalue weighted by Gasteiger charge is -2.23. The molecule has 2 amide bonds. The summed E-state index contributed by atoms with van der Waals surface area (Å²) in [5.41, 5.74) is 0. The molecule has 0 saturated heterocycles. The van der Waals surface area contributed by atoms with Crippen LogP contribution in [0.1, 0.15) is 20.8 Å². The van der Waals surface area contributed by atoms with E-state index in [1.807, 2.05) is 20.8 Å². The van der Waals surface area contributed by atoms with Gasteiger partial charge in [0.1, 0.15) is 0 Å². The Hall–Kier alpha value is -0.890. The first-order valence-corrected chi connectivity index (χ1v) is 7.24. The highest BCUT2D eigenvalue weighted by molar-refractivity contribution is 5.74. The van der Waals surface area contributed by atoms with Crippen LogP contribution in [0.5, 0.6) is 0 Å². The highest BCUT2D eigenvalue weighted by Gasteiger charge is 2.15. The molecule has 126 valence electrons. The molecule has 7 heteroatoms. The van der Waals surface area contributed by atoms with E-state index in [-0.39, 0.29) is 31.3 Å². The quantitative estimate of drug-likeness (QED) is 0.542. The standard InChI is InChI=1S/C14H30N2O5/c1-11(2)21-7-6-20-10-13(17)8-16(4)14(18)15-12(3)9-19-5/h11-13,17H,6-10H2,1-5H3,(H,15,18)/t12-,13-/m0/s1. The molecule has 2 N–H and O–H groups in total. The van der Waals surface area contributed by atoms with E-state index in [0.717, 1.165) is 0 Å². The molecule has 7 nitrogen and oxygen atoms in total. The normalized spacial score (nSPS) is 14.0. The van der Waals surface area contributed by atoms with Crippen molar-refractivity contribution in [2.24, 2.45) is 0 Å². The number of rotatable bonds is 11. The van der Waals surface area contributed by atoms with Gasteiger partial charge in [-0.3, -0.25) is 0 Å². The van der Waals surface area contributed by atoms with E-state index in [1.54, 1.807) is 14.2 Å². The highest BCUT2D eigenvalue weighted by Crippen LogP contribution is 1.95. The minimum absolute atomic E-state index is 0.0773. The summed E-state index contributed by atoms with van der Waals surface area (Å²) >= 11 is 0. The van der Waals surface area contributed by atoms with Gasteiger partial charge in [-0.1, -0.05) is 0 Å². The number of nitrogens with one attached hydrogen (secondary N) is 1. The van der Waals surface area contributed by atoms with E-state index in [9.17, 15) is 9.90 Å². The fraction of sp³-hybridized carbons (Fsp3) is 0.929. The van der Waals surface area contributed by atoms with Crippen molar-refractivity contribution >= 4 is 6.03 Å². The van der Waals surface area contributed by atoms with Crippen molar-refractivity contribution in [1.29, 1.82) is 0 Å². The number of nitrogens with zero attached hydrogens (tertiary/aromatic N) is 1. The van der Waals surface area contributed by atoms with Gasteiger partial charge in [0.25, 0.3) is 0 Å². The molecule has 0 aliphatic carbocycles. The number of hydrogen-bond acceptors (Lipinski definition) is 5. The monoisotopic (exact) mass is 306 g/mol. The number of likely N-dealkylation sites (N-methyl/N-ethyl adjacent to an activating group) is 1. The van der Waals surface area contributed by atoms with Crippen molar-refractivity contribution < 1.29 is 24.1 Å². The number of hydrogen-bond donors (Lipinski definition) is 2. The fourth-order valence-electron chi connectivity index (χ4n) is 1.63. The summed E-state index contributed by atoms with van der Waals surface area (Å²) < 4.78 is 15.6. The molecule has 0 radical (unpaired) electrons. The van der Waals surface area contributed by atoms with Gasteiger partial charge in [0.15, 0.2) is 0 Å². The summed E-state index contributed by atoms with van der Waals surface area (Å²) in [5, 5.41) is 12.6. The van der Waals surface area contributed by atoms with Crippen molar-refractivity contribution in [1.82, 2.24) is 10.2 Å². The van der Waals surface area contributed by atoms with Crippen molar-refractivity contribution in [3.63, 3.8) is 0 Å². The molecule has 0 unspecified atom stereocenters. The van der Waals surface area contributed by atoms with E-state index >= 15 is 0 Å². The molecule has 0 saturated carbocycles. The van der Waals surface area contributed by atoms with Gasteiger partial charge in [0.05, 0.1) is 51.2 Å². The zero-order valence-corrected chi connectivity index (χ0v) is 13.8. The van der Waals surface area contributed by atoms with Gasteiger partial charge in [-0.05, 0) is 20.8 Å². The number of carbonyl (C=O) groups is 1. The van der Waals surface area contributed by atoms with E-state index in [0.29, 0.717) is 19.8 Å². The van der Waals surface area contributed by atoms with Gasteiger partial charge >= 0.3 is 6.03 Å². The Morgan fingerprint density at radius 1 is 1.24 bits per heavy atom. The molecule has 0 aliphatic heterocycles.